The molecule has 1 aromatic rings. The van der Waals surface area contributed by atoms with E-state index in [0.29, 0.717) is 19.5 Å². The van der Waals surface area contributed by atoms with Crippen molar-refractivity contribution in [3.63, 3.8) is 0 Å². The SMILES string of the molecule is COC1(OC)CN(c2ccccc2CCC(=O)O)C1. The number of rotatable bonds is 6. The van der Waals surface area contributed by atoms with Crippen molar-refractivity contribution in [2.75, 3.05) is 32.2 Å². The summed E-state index contributed by atoms with van der Waals surface area (Å²) in [5, 5.41) is 8.78. The van der Waals surface area contributed by atoms with Gasteiger partial charge >= 0.3 is 5.97 Å². The molecule has 19 heavy (non-hydrogen) atoms. The highest BCUT2D eigenvalue weighted by Crippen LogP contribution is 2.33. The van der Waals surface area contributed by atoms with Gasteiger partial charge in [0, 0.05) is 26.3 Å². The van der Waals surface area contributed by atoms with Crippen LogP contribution in [0.4, 0.5) is 5.69 Å². The van der Waals surface area contributed by atoms with E-state index in [-0.39, 0.29) is 6.42 Å². The highest BCUT2D eigenvalue weighted by molar-refractivity contribution is 5.68. The standard InChI is InChI=1S/C14H19NO4/c1-18-14(19-2)9-15(10-14)12-6-4-3-5-11(12)7-8-13(16)17/h3-6H,7-10H2,1-2H3,(H,16,17). The van der Waals surface area contributed by atoms with Crippen LogP contribution < -0.4 is 4.90 Å². The fourth-order valence-electron chi connectivity index (χ4n) is 2.32. The van der Waals surface area contributed by atoms with Crippen molar-refractivity contribution in [2.45, 2.75) is 18.6 Å². The van der Waals surface area contributed by atoms with Crippen LogP contribution in [0.15, 0.2) is 24.3 Å². The lowest BCUT2D eigenvalue weighted by atomic mass is 10.0. The molecular formula is C14H19NO4. The molecule has 0 aliphatic carbocycles. The molecule has 1 heterocycles. The van der Waals surface area contributed by atoms with Crippen molar-refractivity contribution < 1.29 is 19.4 Å². The van der Waals surface area contributed by atoms with E-state index in [4.69, 9.17) is 14.6 Å². The number of aliphatic carboxylic acids is 1. The van der Waals surface area contributed by atoms with E-state index in [2.05, 4.69) is 4.90 Å². The number of para-hydroxylation sites is 1. The summed E-state index contributed by atoms with van der Waals surface area (Å²) < 4.78 is 10.7. The average molecular weight is 265 g/mol. The Balaban J connectivity index is 2.07. The number of carboxylic acid groups (broad SMARTS) is 1. The number of methoxy groups -OCH3 is 2. The van der Waals surface area contributed by atoms with E-state index >= 15 is 0 Å². The Morgan fingerprint density at radius 2 is 1.95 bits per heavy atom. The van der Waals surface area contributed by atoms with Crippen LogP contribution in [0.25, 0.3) is 0 Å². The molecule has 1 N–H and O–H groups in total. The second-order valence-electron chi connectivity index (χ2n) is 4.70. The maximum absolute atomic E-state index is 10.7. The van der Waals surface area contributed by atoms with Gasteiger partial charge in [0.05, 0.1) is 13.1 Å². The molecule has 0 spiro atoms. The van der Waals surface area contributed by atoms with Gasteiger partial charge in [-0.2, -0.15) is 0 Å². The molecule has 1 saturated heterocycles. The van der Waals surface area contributed by atoms with Crippen molar-refractivity contribution in [2.24, 2.45) is 0 Å². The van der Waals surface area contributed by atoms with Crippen LogP contribution in [0.5, 0.6) is 0 Å². The van der Waals surface area contributed by atoms with Gasteiger partial charge in [0.1, 0.15) is 0 Å². The van der Waals surface area contributed by atoms with Crippen molar-refractivity contribution in [3.8, 4) is 0 Å². The minimum Gasteiger partial charge on any atom is -0.481 e. The maximum atomic E-state index is 10.7. The summed E-state index contributed by atoms with van der Waals surface area (Å²) in [6.45, 7) is 1.31. The summed E-state index contributed by atoms with van der Waals surface area (Å²) in [6.07, 6.45) is 0.680. The van der Waals surface area contributed by atoms with Crippen LogP contribution in [0.3, 0.4) is 0 Å². The number of hydrogen-bond donors (Lipinski definition) is 1. The molecule has 0 radical (unpaired) electrons. The molecular weight excluding hydrogens is 246 g/mol. The third-order valence-corrected chi connectivity index (χ3v) is 3.55. The smallest absolute Gasteiger partial charge is 0.303 e. The van der Waals surface area contributed by atoms with Crippen molar-refractivity contribution >= 4 is 11.7 Å². The number of benzene rings is 1. The van der Waals surface area contributed by atoms with E-state index in [1.807, 2.05) is 24.3 Å². The summed E-state index contributed by atoms with van der Waals surface area (Å²) in [7, 11) is 3.27. The molecule has 0 saturated carbocycles. The monoisotopic (exact) mass is 265 g/mol. The molecule has 1 aromatic carbocycles. The van der Waals surface area contributed by atoms with Gasteiger partial charge in [0.2, 0.25) is 5.79 Å². The Labute approximate surface area is 112 Å². The first-order chi connectivity index (χ1) is 9.10. The highest BCUT2D eigenvalue weighted by atomic mass is 16.7. The molecule has 0 amide bonds. The molecule has 1 fully saturated rings. The number of ether oxygens (including phenoxy) is 2. The zero-order valence-corrected chi connectivity index (χ0v) is 11.3. The first kappa shape index (κ1) is 13.8. The minimum atomic E-state index is -0.776. The largest absolute Gasteiger partial charge is 0.481 e. The van der Waals surface area contributed by atoms with Crippen molar-refractivity contribution in [1.29, 1.82) is 0 Å². The molecule has 0 unspecified atom stereocenters. The van der Waals surface area contributed by atoms with Gasteiger partial charge in [-0.15, -0.1) is 0 Å². The van der Waals surface area contributed by atoms with E-state index in [1.165, 1.54) is 0 Å². The third kappa shape index (κ3) is 2.88. The summed E-state index contributed by atoms with van der Waals surface area (Å²) in [4.78, 5) is 12.8. The van der Waals surface area contributed by atoms with Crippen LogP contribution in [0.2, 0.25) is 0 Å². The number of hydrogen-bond acceptors (Lipinski definition) is 4. The van der Waals surface area contributed by atoms with E-state index in [1.54, 1.807) is 14.2 Å². The Hall–Kier alpha value is -1.59. The summed E-state index contributed by atoms with van der Waals surface area (Å²) in [5.74, 6) is -1.30. The van der Waals surface area contributed by atoms with Crippen molar-refractivity contribution in [3.05, 3.63) is 29.8 Å². The van der Waals surface area contributed by atoms with Crippen LogP contribution in [-0.4, -0.2) is 44.2 Å². The number of carboxylic acids is 1. The van der Waals surface area contributed by atoms with Crippen LogP contribution in [0.1, 0.15) is 12.0 Å². The average Bonchev–Trinajstić information content (AvgIpc) is 2.37. The number of aryl methyl sites for hydroxylation is 1. The topological polar surface area (TPSA) is 59.0 Å². The Kier molecular flexibility index (Phi) is 4.07. The summed E-state index contributed by atoms with van der Waals surface area (Å²) in [5.41, 5.74) is 2.11. The van der Waals surface area contributed by atoms with E-state index in [9.17, 15) is 4.79 Å². The molecule has 5 nitrogen and oxygen atoms in total. The Morgan fingerprint density at radius 3 is 2.53 bits per heavy atom. The Bertz CT molecular complexity index is 449. The fraction of sp³-hybridized carbons (Fsp3) is 0.500. The van der Waals surface area contributed by atoms with Gasteiger partial charge in [-0.05, 0) is 18.1 Å². The van der Waals surface area contributed by atoms with Gasteiger partial charge in [0.15, 0.2) is 0 Å². The highest BCUT2D eigenvalue weighted by Gasteiger charge is 2.44. The normalized spacial score (nSPS) is 17.1. The Morgan fingerprint density at radius 1 is 1.32 bits per heavy atom. The van der Waals surface area contributed by atoms with Gasteiger partial charge < -0.3 is 19.5 Å². The first-order valence-corrected chi connectivity index (χ1v) is 6.25. The molecule has 1 aliphatic heterocycles. The van der Waals surface area contributed by atoms with Crippen LogP contribution >= 0.6 is 0 Å². The predicted molar refractivity (Wildman–Crippen MR) is 71.4 cm³/mol. The maximum Gasteiger partial charge on any atom is 0.303 e. The van der Waals surface area contributed by atoms with Gasteiger partial charge in [0.25, 0.3) is 0 Å². The number of carbonyl (C=O) groups is 1. The molecule has 0 aromatic heterocycles. The predicted octanol–water partition coefficient (Wildman–Crippen LogP) is 1.51. The van der Waals surface area contributed by atoms with Gasteiger partial charge in [-0.3, -0.25) is 4.79 Å². The van der Waals surface area contributed by atoms with Crippen LogP contribution in [0, 0.1) is 0 Å². The second-order valence-corrected chi connectivity index (χ2v) is 4.70. The van der Waals surface area contributed by atoms with Crippen molar-refractivity contribution in [1.82, 2.24) is 0 Å². The number of anilines is 1. The molecule has 0 bridgehead atoms. The zero-order valence-electron chi connectivity index (χ0n) is 11.3. The second kappa shape index (κ2) is 5.59. The van der Waals surface area contributed by atoms with Gasteiger partial charge in [-0.1, -0.05) is 18.2 Å². The lowest BCUT2D eigenvalue weighted by Crippen LogP contribution is -2.64. The van der Waals surface area contributed by atoms with Gasteiger partial charge in [-0.25, -0.2) is 0 Å². The third-order valence-electron chi connectivity index (χ3n) is 3.55. The minimum absolute atomic E-state index is 0.143. The van der Waals surface area contributed by atoms with Crippen LogP contribution in [-0.2, 0) is 20.7 Å². The molecule has 5 heteroatoms. The molecule has 0 atom stereocenters. The summed E-state index contributed by atoms with van der Waals surface area (Å²) in [6, 6.07) is 7.86. The lowest BCUT2D eigenvalue weighted by molar-refractivity contribution is -0.219. The van der Waals surface area contributed by atoms with E-state index < -0.39 is 11.8 Å². The fourth-order valence-corrected chi connectivity index (χ4v) is 2.32. The van der Waals surface area contributed by atoms with E-state index in [0.717, 1.165) is 11.3 Å². The molecule has 1 aliphatic rings. The number of nitrogens with zero attached hydrogens (tertiary/aromatic N) is 1. The molecule has 104 valence electrons. The lowest BCUT2D eigenvalue weighted by Gasteiger charge is -2.49. The molecule has 2 rings (SSSR count). The first-order valence-electron chi connectivity index (χ1n) is 6.25. The summed E-state index contributed by atoms with van der Waals surface area (Å²) >= 11 is 0. The zero-order chi connectivity index (χ0) is 13.9. The quantitative estimate of drug-likeness (QED) is 0.790.